The van der Waals surface area contributed by atoms with E-state index in [1.165, 1.54) is 23.5 Å². The molecule has 106 valence electrons. The predicted octanol–water partition coefficient (Wildman–Crippen LogP) is 3.08. The molecule has 0 amide bonds. The molecule has 3 nitrogen and oxygen atoms in total. The van der Waals surface area contributed by atoms with Gasteiger partial charge < -0.3 is 14.8 Å². The van der Waals surface area contributed by atoms with E-state index in [9.17, 15) is 0 Å². The molecule has 19 heavy (non-hydrogen) atoms. The highest BCUT2D eigenvalue weighted by atomic mass is 32.2. The first-order valence-electron chi connectivity index (χ1n) is 7.00. The van der Waals surface area contributed by atoms with Crippen LogP contribution in [0, 0.1) is 0 Å². The van der Waals surface area contributed by atoms with Crippen molar-refractivity contribution in [3.8, 4) is 11.5 Å². The van der Waals surface area contributed by atoms with Crippen LogP contribution in [-0.2, 0) is 6.54 Å². The molecule has 0 radical (unpaired) electrons. The summed E-state index contributed by atoms with van der Waals surface area (Å²) in [4.78, 5) is 0. The summed E-state index contributed by atoms with van der Waals surface area (Å²) in [6, 6.07) is 6.63. The summed E-state index contributed by atoms with van der Waals surface area (Å²) in [6.45, 7) is 6.57. The van der Waals surface area contributed by atoms with E-state index in [1.54, 1.807) is 0 Å². The molecule has 0 aromatic heterocycles. The van der Waals surface area contributed by atoms with Crippen LogP contribution in [0.3, 0.4) is 0 Å². The van der Waals surface area contributed by atoms with E-state index in [0.29, 0.717) is 19.3 Å². The van der Waals surface area contributed by atoms with Crippen molar-refractivity contribution in [3.05, 3.63) is 23.8 Å². The molecule has 1 atom stereocenters. The quantitative estimate of drug-likeness (QED) is 0.778. The van der Waals surface area contributed by atoms with Gasteiger partial charge >= 0.3 is 0 Å². The van der Waals surface area contributed by atoms with Gasteiger partial charge in [0.15, 0.2) is 11.5 Å². The fourth-order valence-corrected chi connectivity index (χ4v) is 2.87. The number of ether oxygens (including phenoxy) is 2. The Bertz CT molecular complexity index is 398. The van der Waals surface area contributed by atoms with Crippen LogP contribution in [0.5, 0.6) is 11.5 Å². The van der Waals surface area contributed by atoms with E-state index in [4.69, 9.17) is 9.47 Å². The number of hydrogen-bond acceptors (Lipinski definition) is 4. The smallest absolute Gasteiger partial charge is 0.165 e. The van der Waals surface area contributed by atoms with Crippen molar-refractivity contribution in [1.82, 2.24) is 5.32 Å². The summed E-state index contributed by atoms with van der Waals surface area (Å²) in [5.41, 5.74) is 1.19. The van der Waals surface area contributed by atoms with Crippen LogP contribution < -0.4 is 14.8 Å². The second-order valence-electron chi connectivity index (χ2n) is 4.71. The van der Waals surface area contributed by atoms with Crippen molar-refractivity contribution in [2.24, 2.45) is 0 Å². The molecule has 0 bridgehead atoms. The van der Waals surface area contributed by atoms with E-state index in [1.807, 2.05) is 23.9 Å². The van der Waals surface area contributed by atoms with Crippen LogP contribution in [0.25, 0.3) is 0 Å². The number of benzene rings is 1. The zero-order valence-electron chi connectivity index (χ0n) is 11.8. The van der Waals surface area contributed by atoms with Crippen molar-refractivity contribution in [2.75, 3.05) is 24.7 Å². The minimum atomic E-state index is 0.527. The Kier molecular flexibility index (Phi) is 5.86. The average Bonchev–Trinajstić information content (AvgIpc) is 2.45. The molecular formula is C15H23NO2S. The van der Waals surface area contributed by atoms with E-state index < -0.39 is 0 Å². The van der Waals surface area contributed by atoms with Gasteiger partial charge in [0.05, 0.1) is 0 Å². The maximum Gasteiger partial charge on any atom is 0.165 e. The van der Waals surface area contributed by atoms with E-state index >= 15 is 0 Å². The topological polar surface area (TPSA) is 30.5 Å². The standard InChI is InChI=1S/C15H23NO2S/c1-3-19-10-7-12(2)16-11-13-5-4-6-14-15(13)18-9-8-17-14/h4-6,12,16H,3,7-11H2,1-2H3. The number of thioether (sulfide) groups is 1. The van der Waals surface area contributed by atoms with Crippen molar-refractivity contribution < 1.29 is 9.47 Å². The molecule has 1 aliphatic heterocycles. The molecule has 0 saturated heterocycles. The lowest BCUT2D eigenvalue weighted by atomic mass is 10.1. The van der Waals surface area contributed by atoms with Gasteiger partial charge in [0, 0.05) is 18.2 Å². The minimum Gasteiger partial charge on any atom is -0.486 e. The maximum absolute atomic E-state index is 5.72. The Balaban J connectivity index is 1.85. The van der Waals surface area contributed by atoms with Gasteiger partial charge in [-0.05, 0) is 30.9 Å². The second-order valence-corrected chi connectivity index (χ2v) is 6.10. The first-order valence-corrected chi connectivity index (χ1v) is 8.15. The Hall–Kier alpha value is -0.870. The molecule has 0 fully saturated rings. The van der Waals surface area contributed by atoms with Crippen LogP contribution in [0.1, 0.15) is 25.8 Å². The monoisotopic (exact) mass is 281 g/mol. The number of para-hydroxylation sites is 1. The largest absolute Gasteiger partial charge is 0.486 e. The first-order chi connectivity index (χ1) is 9.31. The van der Waals surface area contributed by atoms with Crippen molar-refractivity contribution >= 4 is 11.8 Å². The minimum absolute atomic E-state index is 0.527. The summed E-state index contributed by atoms with van der Waals surface area (Å²) in [5, 5.41) is 3.56. The number of nitrogens with one attached hydrogen (secondary N) is 1. The van der Waals surface area contributed by atoms with Gasteiger partial charge in [-0.15, -0.1) is 0 Å². The van der Waals surface area contributed by atoms with Crippen molar-refractivity contribution in [2.45, 2.75) is 32.9 Å². The number of hydrogen-bond donors (Lipinski definition) is 1. The zero-order chi connectivity index (χ0) is 13.5. The lowest BCUT2D eigenvalue weighted by molar-refractivity contribution is 0.169. The molecule has 0 spiro atoms. The van der Waals surface area contributed by atoms with Crippen LogP contribution in [0.2, 0.25) is 0 Å². The van der Waals surface area contributed by atoms with Crippen LogP contribution in [-0.4, -0.2) is 30.8 Å². The average molecular weight is 281 g/mol. The van der Waals surface area contributed by atoms with Gasteiger partial charge in [0.1, 0.15) is 13.2 Å². The molecule has 0 saturated carbocycles. The fourth-order valence-electron chi connectivity index (χ4n) is 2.06. The summed E-state index contributed by atoms with van der Waals surface area (Å²) in [5.74, 6) is 4.21. The zero-order valence-corrected chi connectivity index (χ0v) is 12.6. The highest BCUT2D eigenvalue weighted by Gasteiger charge is 2.15. The fraction of sp³-hybridized carbons (Fsp3) is 0.600. The number of fused-ring (bicyclic) bond motifs is 1. The molecule has 4 heteroatoms. The van der Waals surface area contributed by atoms with Gasteiger partial charge in [0.2, 0.25) is 0 Å². The normalized spacial score (nSPS) is 15.3. The summed E-state index contributed by atoms with van der Waals surface area (Å²) >= 11 is 2.00. The molecule has 1 aromatic carbocycles. The van der Waals surface area contributed by atoms with Crippen LogP contribution >= 0.6 is 11.8 Å². The maximum atomic E-state index is 5.72. The highest BCUT2D eigenvalue weighted by molar-refractivity contribution is 7.99. The molecule has 1 heterocycles. The third-order valence-corrected chi connectivity index (χ3v) is 4.12. The third kappa shape index (κ3) is 4.32. The van der Waals surface area contributed by atoms with Gasteiger partial charge in [-0.25, -0.2) is 0 Å². The Morgan fingerprint density at radius 2 is 2.16 bits per heavy atom. The molecule has 2 rings (SSSR count). The lowest BCUT2D eigenvalue weighted by Gasteiger charge is -2.22. The Labute approximate surface area is 120 Å². The van der Waals surface area contributed by atoms with E-state index in [0.717, 1.165) is 18.0 Å². The highest BCUT2D eigenvalue weighted by Crippen LogP contribution is 2.33. The van der Waals surface area contributed by atoms with Crippen molar-refractivity contribution in [1.29, 1.82) is 0 Å². The molecule has 1 unspecified atom stereocenters. The molecule has 0 aliphatic carbocycles. The van der Waals surface area contributed by atoms with Crippen molar-refractivity contribution in [3.63, 3.8) is 0 Å². The van der Waals surface area contributed by atoms with Crippen LogP contribution in [0.4, 0.5) is 0 Å². The van der Waals surface area contributed by atoms with Gasteiger partial charge in [-0.1, -0.05) is 19.1 Å². The van der Waals surface area contributed by atoms with Gasteiger partial charge in [-0.3, -0.25) is 0 Å². The SMILES string of the molecule is CCSCCC(C)NCc1cccc2c1OCCO2. The Morgan fingerprint density at radius 3 is 3.00 bits per heavy atom. The first kappa shape index (κ1) is 14.5. The Morgan fingerprint density at radius 1 is 1.32 bits per heavy atom. The summed E-state index contributed by atoms with van der Waals surface area (Å²) in [7, 11) is 0. The second kappa shape index (κ2) is 7.65. The molecular weight excluding hydrogens is 258 g/mol. The van der Waals surface area contributed by atoms with Crippen LogP contribution in [0.15, 0.2) is 18.2 Å². The summed E-state index contributed by atoms with van der Waals surface area (Å²) in [6.07, 6.45) is 1.20. The third-order valence-electron chi connectivity index (χ3n) is 3.19. The molecule has 1 aliphatic rings. The number of rotatable bonds is 7. The molecule has 1 aromatic rings. The lowest BCUT2D eigenvalue weighted by Crippen LogP contribution is -2.27. The van der Waals surface area contributed by atoms with E-state index in [2.05, 4.69) is 25.2 Å². The van der Waals surface area contributed by atoms with Gasteiger partial charge in [-0.2, -0.15) is 11.8 Å². The molecule has 1 N–H and O–H groups in total. The van der Waals surface area contributed by atoms with E-state index in [-0.39, 0.29) is 0 Å². The van der Waals surface area contributed by atoms with Gasteiger partial charge in [0.25, 0.3) is 0 Å². The predicted molar refractivity (Wildman–Crippen MR) is 81.3 cm³/mol. The summed E-state index contributed by atoms with van der Waals surface area (Å²) < 4.78 is 11.3.